The summed E-state index contributed by atoms with van der Waals surface area (Å²) in [5, 5.41) is 23.7. The standard InChI is InChI=1S/C26H31FN2O5S.C16H21NO5.C15H21NO4S.C12H17NO2S.C10H13NO2S.C3H5ClO2/c1-5-33-24(31)22-12-17-14-28(11-10-21(17)35-22)23(30)15-29(25(32)34-26(2,3)4)20-13-19(20)16-6-8-18(27)9-7-16;1-16(2,3)22-15(21)17(9-14(19)20)13-8-12(13)10-4-6-11(18)7-5-10;1-5-19-13(17)12-8-10-9-16(7-6-11(10)21-12)14(18)20-15(2,3)4;1-12(2,3)15-11(14)13-6-4-10-9(8-13)5-7-16-10;1-2-13-10(12)9-5-7-6-11-4-3-8(7)14-9;1-2-6-3(4)5/h6-9,12,19-20H,5,10-11,13-15H2,1-4H3;4-7,12-13,18H,8-9H2,1-3H3,(H,19,20);8H,5-7,9H2,1-4H3;5,7H,4,6,8H2,1-3H3;5,11H,2-4,6H2,1H3;2H2,1H3. The second-order valence-corrected chi connectivity index (χ2v) is 36.0. The number of amides is 5. The number of nitrogens with zero attached hydrogens (tertiary/aromatic N) is 5. The molecule has 114 heavy (non-hydrogen) atoms. The molecule has 4 atom stereocenters. The predicted molar refractivity (Wildman–Crippen MR) is 434 cm³/mol. The van der Waals surface area contributed by atoms with Crippen LogP contribution in [0.1, 0.15) is 217 Å². The molecule has 2 aromatic carbocycles. The van der Waals surface area contributed by atoms with Crippen LogP contribution in [0.15, 0.2) is 78.2 Å². The lowest BCUT2D eigenvalue weighted by Gasteiger charge is -2.31. The molecule has 4 aliphatic heterocycles. The minimum absolute atomic E-state index is 0.0351. The molecular formula is C82H108ClFN6O20S4. The van der Waals surface area contributed by atoms with Crippen LogP contribution in [0.2, 0.25) is 0 Å². The van der Waals surface area contributed by atoms with E-state index in [9.17, 15) is 57.4 Å². The Bertz CT molecular complexity index is 4260. The third kappa shape index (κ3) is 29.4. The zero-order chi connectivity index (χ0) is 84.2. The van der Waals surface area contributed by atoms with Crippen molar-refractivity contribution in [3.63, 3.8) is 0 Å². The molecule has 12 rings (SSSR count). The van der Waals surface area contributed by atoms with E-state index in [1.165, 1.54) is 65.5 Å². The number of hydrogen-bond donors (Lipinski definition) is 3. The highest BCUT2D eigenvalue weighted by Gasteiger charge is 2.49. The number of hydrogen-bond acceptors (Lipinski definition) is 24. The number of nitrogens with one attached hydrogen (secondary N) is 1. The molecule has 4 aromatic heterocycles. The molecule has 26 nitrogen and oxygen atoms in total. The number of phenolic OH excluding ortho intramolecular Hbond substituents is 1. The van der Waals surface area contributed by atoms with Gasteiger partial charge in [-0.3, -0.25) is 19.4 Å². The Morgan fingerprint density at radius 2 is 0.886 bits per heavy atom. The first kappa shape index (κ1) is 92.3. The molecule has 6 aliphatic rings. The van der Waals surface area contributed by atoms with Crippen LogP contribution in [0.4, 0.5) is 28.4 Å². The number of aliphatic carboxylic acids is 1. The molecule has 3 N–H and O–H groups in total. The van der Waals surface area contributed by atoms with Crippen molar-refractivity contribution in [1.29, 1.82) is 0 Å². The summed E-state index contributed by atoms with van der Waals surface area (Å²) in [6.45, 7) is 35.3. The lowest BCUT2D eigenvalue weighted by atomic mass is 10.1. The monoisotopic (exact) mass is 1680 g/mol. The van der Waals surface area contributed by atoms with Crippen molar-refractivity contribution >= 4 is 117 Å². The van der Waals surface area contributed by atoms with Gasteiger partial charge in [-0.15, -0.1) is 45.3 Å². The number of carbonyl (C=O) groups excluding carboxylic acids is 9. The van der Waals surface area contributed by atoms with E-state index in [1.807, 2.05) is 60.6 Å². The minimum atomic E-state index is -1.07. The number of rotatable bonds is 15. The number of esters is 3. The largest absolute Gasteiger partial charge is 0.508 e. The Morgan fingerprint density at radius 3 is 1.29 bits per heavy atom. The van der Waals surface area contributed by atoms with Crippen LogP contribution in [-0.2, 0) is 99.3 Å². The second kappa shape index (κ2) is 41.6. The molecule has 0 radical (unpaired) electrons. The van der Waals surface area contributed by atoms with E-state index < -0.39 is 46.0 Å². The van der Waals surface area contributed by atoms with Crippen LogP contribution in [-0.4, -0.2) is 194 Å². The topological polar surface area (TPSA) is 313 Å². The first-order chi connectivity index (χ1) is 53.6. The molecule has 0 saturated heterocycles. The molecule has 0 spiro atoms. The summed E-state index contributed by atoms with van der Waals surface area (Å²) in [5.41, 5.74) is 3.37. The number of carboxylic acids is 1. The van der Waals surface area contributed by atoms with Gasteiger partial charge in [0, 0.05) is 94.3 Å². The van der Waals surface area contributed by atoms with Crippen LogP contribution >= 0.6 is 56.9 Å². The number of carboxylic acid groups (broad SMARTS) is 1. The maximum Gasteiger partial charge on any atom is 0.411 e. The number of thiophene rings is 4. The van der Waals surface area contributed by atoms with Crippen molar-refractivity contribution in [3.05, 3.63) is 152 Å². The third-order valence-corrected chi connectivity index (χ3v) is 22.2. The molecule has 2 saturated carbocycles. The summed E-state index contributed by atoms with van der Waals surface area (Å²) in [4.78, 5) is 133. The predicted octanol–water partition coefficient (Wildman–Crippen LogP) is 16.5. The van der Waals surface area contributed by atoms with Gasteiger partial charge in [-0.1, -0.05) is 24.3 Å². The Labute approximate surface area is 687 Å². The van der Waals surface area contributed by atoms with Gasteiger partial charge in [0.2, 0.25) is 5.91 Å². The van der Waals surface area contributed by atoms with Gasteiger partial charge in [0.25, 0.3) is 0 Å². The zero-order valence-corrected chi connectivity index (χ0v) is 71.8. The lowest BCUT2D eigenvalue weighted by molar-refractivity contribution is -0.138. The van der Waals surface area contributed by atoms with Gasteiger partial charge in [0.05, 0.1) is 39.5 Å². The van der Waals surface area contributed by atoms with E-state index in [1.54, 1.807) is 142 Å². The van der Waals surface area contributed by atoms with Gasteiger partial charge >= 0.3 is 53.7 Å². The number of halogens is 2. The van der Waals surface area contributed by atoms with Crippen molar-refractivity contribution in [3.8, 4) is 5.75 Å². The molecule has 32 heteroatoms. The number of carbonyl (C=O) groups is 10. The van der Waals surface area contributed by atoms with Gasteiger partial charge in [0.1, 0.15) is 61.7 Å². The van der Waals surface area contributed by atoms with Gasteiger partial charge in [-0.2, -0.15) is 0 Å². The highest BCUT2D eigenvalue weighted by atomic mass is 35.5. The summed E-state index contributed by atoms with van der Waals surface area (Å²) in [6.07, 6.45) is 3.11. The average Bonchev–Trinajstić information content (AvgIpc) is 1.62. The number of phenols is 1. The summed E-state index contributed by atoms with van der Waals surface area (Å²) in [5.74, 6) is -2.09. The number of benzene rings is 2. The van der Waals surface area contributed by atoms with Gasteiger partial charge in [-0.05, 0) is 237 Å². The van der Waals surface area contributed by atoms with Gasteiger partial charge in [0.15, 0.2) is 0 Å². The molecule has 6 aromatic rings. The maximum absolute atomic E-state index is 13.3. The summed E-state index contributed by atoms with van der Waals surface area (Å²) >= 11 is 10.9. The minimum Gasteiger partial charge on any atom is -0.508 e. The molecule has 8 heterocycles. The van der Waals surface area contributed by atoms with Crippen molar-refractivity contribution in [2.24, 2.45) is 0 Å². The average molecular weight is 1680 g/mol. The molecule has 4 unspecified atom stereocenters. The summed E-state index contributed by atoms with van der Waals surface area (Å²) in [7, 11) is 0. The SMILES string of the molecule is CC(C)(C)OC(=O)N(CC(=O)O)C1CC1c1ccc(O)cc1.CC(C)(C)OC(=O)N1CCc2sccc2C1.CCOC(=O)Cl.CCOC(=O)c1cc2c(s1)CCN(C(=O)CN(C(=O)OC(C)(C)C)C1CC1c1ccc(F)cc1)C2.CCOC(=O)c1cc2c(s1)CCN(C(=O)OC(C)(C)C)C2.CCOC(=O)c1cc2c(s1)CCNC2. The van der Waals surface area contributed by atoms with E-state index in [4.69, 9.17) is 49.9 Å². The van der Waals surface area contributed by atoms with E-state index in [0.29, 0.717) is 88.2 Å². The molecule has 0 bridgehead atoms. The van der Waals surface area contributed by atoms with E-state index >= 15 is 0 Å². The first-order valence-electron chi connectivity index (χ1n) is 38.0. The Morgan fingerprint density at radius 1 is 0.500 bits per heavy atom. The van der Waals surface area contributed by atoms with Crippen LogP contribution in [0.3, 0.4) is 0 Å². The Balaban J connectivity index is 0.000000201. The highest BCUT2D eigenvalue weighted by molar-refractivity contribution is 7.14. The van der Waals surface area contributed by atoms with E-state index in [-0.39, 0.29) is 84.6 Å². The number of aromatic hydroxyl groups is 1. The Kier molecular flexibility index (Phi) is 33.7. The second-order valence-electron chi connectivity index (χ2n) is 31.2. The molecule has 5 amide bonds. The Hall–Kier alpha value is -8.88. The molecule has 624 valence electrons. The van der Waals surface area contributed by atoms with Gasteiger partial charge in [-0.25, -0.2) is 42.7 Å². The third-order valence-electron chi connectivity index (χ3n) is 17.4. The zero-order valence-electron chi connectivity index (χ0n) is 67.8. The van der Waals surface area contributed by atoms with E-state index in [0.717, 1.165) is 75.8 Å². The highest BCUT2D eigenvalue weighted by Crippen LogP contribution is 2.47. The van der Waals surface area contributed by atoms with Crippen LogP contribution in [0, 0.1) is 5.82 Å². The van der Waals surface area contributed by atoms with Crippen molar-refractivity contribution in [2.75, 3.05) is 65.7 Å². The fraction of sp³-hybridized carbons (Fsp3) is 0.537. The summed E-state index contributed by atoms with van der Waals surface area (Å²) in [6, 6.07) is 20.3. The van der Waals surface area contributed by atoms with Gasteiger partial charge < -0.3 is 68.1 Å². The number of fused-ring (bicyclic) bond motifs is 4. The summed E-state index contributed by atoms with van der Waals surface area (Å²) < 4.78 is 54.2. The molecular weight excluding hydrogens is 1570 g/mol. The molecule has 2 aliphatic carbocycles. The van der Waals surface area contributed by atoms with Crippen molar-refractivity contribution in [2.45, 2.75) is 222 Å². The van der Waals surface area contributed by atoms with Crippen LogP contribution < -0.4 is 5.32 Å². The molecule has 2 fully saturated rings. The smallest absolute Gasteiger partial charge is 0.411 e. The van der Waals surface area contributed by atoms with Crippen molar-refractivity contribution in [1.82, 2.24) is 29.8 Å². The maximum atomic E-state index is 13.3. The normalized spacial score (nSPS) is 16.9. The van der Waals surface area contributed by atoms with Crippen LogP contribution in [0.5, 0.6) is 5.75 Å². The quantitative estimate of drug-likeness (QED) is 0.0488. The fourth-order valence-corrected chi connectivity index (χ4v) is 16.4. The fourth-order valence-electron chi connectivity index (χ4n) is 12.2. The van der Waals surface area contributed by atoms with Crippen LogP contribution in [0.25, 0.3) is 0 Å². The van der Waals surface area contributed by atoms with E-state index in [2.05, 4.69) is 21.5 Å². The lowest BCUT2D eigenvalue weighted by Crippen LogP contribution is -2.47. The number of ether oxygens (including phenoxy) is 8. The van der Waals surface area contributed by atoms with Crippen molar-refractivity contribution < 1.29 is 100 Å². The first-order valence-corrected chi connectivity index (χ1v) is 41.7.